The molecule has 0 aromatic heterocycles. The molecule has 1 heterocycles. The number of nitrogens with zero attached hydrogens (tertiary/aromatic N) is 1. The van der Waals surface area contributed by atoms with E-state index in [9.17, 15) is 14.7 Å². The first-order valence-corrected chi connectivity index (χ1v) is 11.5. The highest BCUT2D eigenvalue weighted by atomic mass is 16.5. The van der Waals surface area contributed by atoms with Gasteiger partial charge in [-0.25, -0.2) is 0 Å². The van der Waals surface area contributed by atoms with Gasteiger partial charge in [-0.05, 0) is 92.9 Å². The zero-order chi connectivity index (χ0) is 25.3. The average Bonchev–Trinajstić information content (AvgIpc) is 3.10. The Balaban J connectivity index is 1.92. The number of benzene rings is 3. The van der Waals surface area contributed by atoms with Crippen LogP contribution in [0.15, 0.2) is 72.3 Å². The zero-order valence-electron chi connectivity index (χ0n) is 20.5. The molecule has 1 N–H and O–H groups in total. The van der Waals surface area contributed by atoms with Crippen molar-refractivity contribution in [2.75, 3.05) is 12.0 Å². The van der Waals surface area contributed by atoms with E-state index in [4.69, 9.17) is 9.47 Å². The molecule has 0 aliphatic carbocycles. The summed E-state index contributed by atoms with van der Waals surface area (Å²) in [5, 5.41) is 11.3. The lowest BCUT2D eigenvalue weighted by molar-refractivity contribution is -0.132. The van der Waals surface area contributed by atoms with E-state index in [0.29, 0.717) is 28.3 Å². The Hall–Kier alpha value is -4.06. The summed E-state index contributed by atoms with van der Waals surface area (Å²) in [5.41, 5.74) is 3.77. The normalized spacial score (nSPS) is 17.2. The third kappa shape index (κ3) is 4.64. The van der Waals surface area contributed by atoms with Crippen molar-refractivity contribution in [3.8, 4) is 11.5 Å². The summed E-state index contributed by atoms with van der Waals surface area (Å²) < 4.78 is 11.1. The predicted molar refractivity (Wildman–Crippen MR) is 136 cm³/mol. The van der Waals surface area contributed by atoms with Gasteiger partial charge in [0.25, 0.3) is 11.7 Å². The van der Waals surface area contributed by atoms with Crippen LogP contribution in [0.4, 0.5) is 5.69 Å². The maximum atomic E-state index is 13.4. The van der Waals surface area contributed by atoms with Gasteiger partial charge in [-0.1, -0.05) is 18.2 Å². The Morgan fingerprint density at radius 1 is 0.914 bits per heavy atom. The molecule has 1 aliphatic rings. The van der Waals surface area contributed by atoms with E-state index >= 15 is 0 Å². The SMILES string of the molecule is COc1ccc(/C(O)=C2\C(=O)C(=O)N(c3ccc(C)c(C)c3)C2c2cccc(OC(C)C)c2)cc1. The van der Waals surface area contributed by atoms with E-state index in [1.807, 2.05) is 70.2 Å². The lowest BCUT2D eigenvalue weighted by atomic mass is 9.94. The van der Waals surface area contributed by atoms with Gasteiger partial charge in [-0.2, -0.15) is 0 Å². The predicted octanol–water partition coefficient (Wildman–Crippen LogP) is 5.73. The van der Waals surface area contributed by atoms with Crippen LogP contribution in [0.25, 0.3) is 5.76 Å². The minimum atomic E-state index is -0.824. The third-order valence-electron chi connectivity index (χ3n) is 6.12. The zero-order valence-corrected chi connectivity index (χ0v) is 20.5. The van der Waals surface area contributed by atoms with Gasteiger partial charge in [-0.15, -0.1) is 0 Å². The number of Topliss-reactive ketones (excluding diaryl/α,β-unsaturated/α-hetero) is 1. The molecule has 0 radical (unpaired) electrons. The number of rotatable bonds is 6. The van der Waals surface area contributed by atoms with Crippen molar-refractivity contribution in [3.63, 3.8) is 0 Å². The first-order chi connectivity index (χ1) is 16.7. The smallest absolute Gasteiger partial charge is 0.300 e. The minimum Gasteiger partial charge on any atom is -0.507 e. The Morgan fingerprint density at radius 2 is 1.63 bits per heavy atom. The summed E-state index contributed by atoms with van der Waals surface area (Å²) in [6.07, 6.45) is -0.0457. The summed E-state index contributed by atoms with van der Waals surface area (Å²) in [6, 6.07) is 18.8. The number of aliphatic hydroxyl groups is 1. The van der Waals surface area contributed by atoms with Crippen LogP contribution in [-0.4, -0.2) is 30.0 Å². The lowest BCUT2D eigenvalue weighted by Crippen LogP contribution is -2.29. The highest BCUT2D eigenvalue weighted by Crippen LogP contribution is 2.43. The Morgan fingerprint density at radius 3 is 2.26 bits per heavy atom. The van der Waals surface area contributed by atoms with Crippen LogP contribution >= 0.6 is 0 Å². The second-order valence-electron chi connectivity index (χ2n) is 8.91. The molecule has 35 heavy (non-hydrogen) atoms. The van der Waals surface area contributed by atoms with Crippen molar-refractivity contribution < 1.29 is 24.2 Å². The number of aliphatic hydroxyl groups excluding tert-OH is 1. The van der Waals surface area contributed by atoms with Gasteiger partial charge in [-0.3, -0.25) is 14.5 Å². The molecule has 1 unspecified atom stereocenters. The summed E-state index contributed by atoms with van der Waals surface area (Å²) in [4.78, 5) is 28.2. The molecule has 6 nitrogen and oxygen atoms in total. The van der Waals surface area contributed by atoms with Gasteiger partial charge in [0, 0.05) is 11.3 Å². The second kappa shape index (κ2) is 9.66. The Kier molecular flexibility index (Phi) is 6.65. The molecule has 0 saturated carbocycles. The van der Waals surface area contributed by atoms with Crippen molar-refractivity contribution >= 4 is 23.1 Å². The molecular weight excluding hydrogens is 442 g/mol. The van der Waals surface area contributed by atoms with Gasteiger partial charge in [0.05, 0.1) is 24.8 Å². The van der Waals surface area contributed by atoms with E-state index in [1.54, 1.807) is 31.4 Å². The summed E-state index contributed by atoms with van der Waals surface area (Å²) in [7, 11) is 1.55. The number of ketones is 1. The van der Waals surface area contributed by atoms with E-state index in [1.165, 1.54) is 4.90 Å². The van der Waals surface area contributed by atoms with E-state index < -0.39 is 17.7 Å². The lowest BCUT2D eigenvalue weighted by Gasteiger charge is -2.26. The van der Waals surface area contributed by atoms with Crippen LogP contribution in [0, 0.1) is 13.8 Å². The van der Waals surface area contributed by atoms with Gasteiger partial charge in [0.1, 0.15) is 17.3 Å². The molecule has 6 heteroatoms. The van der Waals surface area contributed by atoms with Crippen LogP contribution in [0.1, 0.15) is 42.1 Å². The highest BCUT2D eigenvalue weighted by Gasteiger charge is 2.47. The fraction of sp³-hybridized carbons (Fsp3) is 0.241. The standard InChI is InChI=1S/C29H29NO5/c1-17(2)35-24-8-6-7-21(16-24)26-25(27(31)20-10-13-23(34-5)14-11-20)28(32)29(33)30(26)22-12-9-18(3)19(4)15-22/h6-17,26,31H,1-5H3/b27-25+. The number of ether oxygens (including phenoxy) is 2. The van der Waals surface area contributed by atoms with Crippen LogP contribution in [0.3, 0.4) is 0 Å². The molecule has 1 aliphatic heterocycles. The molecular formula is C29H29NO5. The Labute approximate surface area is 205 Å². The van der Waals surface area contributed by atoms with Crippen molar-refractivity contribution in [1.82, 2.24) is 0 Å². The second-order valence-corrected chi connectivity index (χ2v) is 8.91. The van der Waals surface area contributed by atoms with Crippen molar-refractivity contribution in [2.24, 2.45) is 0 Å². The molecule has 0 bridgehead atoms. The highest BCUT2D eigenvalue weighted by molar-refractivity contribution is 6.51. The maximum absolute atomic E-state index is 13.4. The largest absolute Gasteiger partial charge is 0.507 e. The summed E-state index contributed by atoms with van der Waals surface area (Å²) in [6.45, 7) is 7.80. The van der Waals surface area contributed by atoms with Gasteiger partial charge < -0.3 is 14.6 Å². The molecule has 1 amide bonds. The molecule has 180 valence electrons. The van der Waals surface area contributed by atoms with Crippen molar-refractivity contribution in [3.05, 3.63) is 94.6 Å². The first-order valence-electron chi connectivity index (χ1n) is 11.5. The van der Waals surface area contributed by atoms with Crippen molar-refractivity contribution in [1.29, 1.82) is 0 Å². The Bertz CT molecular complexity index is 1310. The molecule has 4 rings (SSSR count). The van der Waals surface area contributed by atoms with E-state index in [-0.39, 0.29) is 17.4 Å². The van der Waals surface area contributed by atoms with Gasteiger partial charge in [0.2, 0.25) is 0 Å². The molecule has 1 atom stereocenters. The summed E-state index contributed by atoms with van der Waals surface area (Å²) >= 11 is 0. The quantitative estimate of drug-likeness (QED) is 0.282. The number of hydrogen-bond donors (Lipinski definition) is 1. The number of methoxy groups -OCH3 is 1. The molecule has 3 aromatic carbocycles. The fourth-order valence-corrected chi connectivity index (χ4v) is 4.22. The van der Waals surface area contributed by atoms with Gasteiger partial charge in [0.15, 0.2) is 0 Å². The van der Waals surface area contributed by atoms with E-state index in [0.717, 1.165) is 11.1 Å². The van der Waals surface area contributed by atoms with Crippen LogP contribution in [0.2, 0.25) is 0 Å². The number of anilines is 1. The van der Waals surface area contributed by atoms with Crippen LogP contribution in [-0.2, 0) is 9.59 Å². The number of carbonyl (C=O) groups is 2. The number of hydrogen-bond acceptors (Lipinski definition) is 5. The molecule has 3 aromatic rings. The van der Waals surface area contributed by atoms with Crippen molar-refractivity contribution in [2.45, 2.75) is 39.8 Å². The van der Waals surface area contributed by atoms with Crippen LogP contribution in [0.5, 0.6) is 11.5 Å². The van der Waals surface area contributed by atoms with E-state index in [2.05, 4.69) is 0 Å². The number of carbonyl (C=O) groups excluding carboxylic acids is 2. The van der Waals surface area contributed by atoms with Gasteiger partial charge >= 0.3 is 0 Å². The average molecular weight is 472 g/mol. The monoisotopic (exact) mass is 471 g/mol. The topological polar surface area (TPSA) is 76.1 Å². The molecule has 1 fully saturated rings. The van der Waals surface area contributed by atoms with Crippen LogP contribution < -0.4 is 14.4 Å². The fourth-order valence-electron chi connectivity index (χ4n) is 4.22. The molecule has 1 saturated heterocycles. The maximum Gasteiger partial charge on any atom is 0.300 e. The minimum absolute atomic E-state index is 0.0279. The first kappa shape index (κ1) is 24.1. The number of amides is 1. The molecule has 0 spiro atoms. The third-order valence-corrected chi connectivity index (χ3v) is 6.12. The number of aryl methyl sites for hydroxylation is 2. The summed E-state index contributed by atoms with van der Waals surface area (Å²) in [5.74, 6) is -0.433.